The molecule has 0 aliphatic carbocycles. The van der Waals surface area contributed by atoms with E-state index in [1.165, 1.54) is 19.3 Å². The number of unbranched alkanes of at least 4 members (excludes halogenated alkanes) is 7. The molecular weight excluding hydrogens is 372 g/mol. The zero-order chi connectivity index (χ0) is 21.0. The molecule has 0 saturated heterocycles. The predicted molar refractivity (Wildman–Crippen MR) is 103 cm³/mol. The number of rotatable bonds is 13. The normalized spacial score (nSPS) is 12.8. The van der Waals surface area contributed by atoms with Crippen LogP contribution >= 0.6 is 0 Å². The van der Waals surface area contributed by atoms with Crippen LogP contribution in [0.4, 0.5) is 17.6 Å². The fraction of sp³-hybridized carbons (Fsp3) is 0.682. The van der Waals surface area contributed by atoms with Gasteiger partial charge in [-0.05, 0) is 43.9 Å². The standard InChI is InChI=1S/C22H32F4O2/c1-3-5-7-8-9-11-13-18(12-10-6-4-2)28-21(27)19-16-17(22(24,25)26)14-15-20(19)23/h14-16,18H,3-13H2,1-2H3. The average molecular weight is 404 g/mol. The van der Waals surface area contributed by atoms with Gasteiger partial charge in [0.05, 0.1) is 11.1 Å². The molecule has 6 heteroatoms. The second kappa shape index (κ2) is 12.8. The van der Waals surface area contributed by atoms with Crippen molar-refractivity contribution < 1.29 is 27.1 Å². The van der Waals surface area contributed by atoms with Crippen LogP contribution in [-0.2, 0) is 10.9 Å². The largest absolute Gasteiger partial charge is 0.459 e. The minimum Gasteiger partial charge on any atom is -0.459 e. The maximum atomic E-state index is 13.9. The smallest absolute Gasteiger partial charge is 0.416 e. The number of carbonyl (C=O) groups excluding carboxylic acids is 1. The lowest BCUT2D eigenvalue weighted by Crippen LogP contribution is -2.20. The fourth-order valence-corrected chi connectivity index (χ4v) is 3.11. The van der Waals surface area contributed by atoms with Crippen molar-refractivity contribution in [2.45, 2.75) is 96.8 Å². The van der Waals surface area contributed by atoms with Gasteiger partial charge in [-0.25, -0.2) is 9.18 Å². The summed E-state index contributed by atoms with van der Waals surface area (Å²) in [6, 6.07) is 1.83. The molecule has 28 heavy (non-hydrogen) atoms. The topological polar surface area (TPSA) is 26.3 Å². The van der Waals surface area contributed by atoms with Gasteiger partial charge in [-0.3, -0.25) is 0 Å². The number of hydrogen-bond donors (Lipinski definition) is 0. The summed E-state index contributed by atoms with van der Waals surface area (Å²) in [6.45, 7) is 4.21. The molecule has 0 saturated carbocycles. The lowest BCUT2D eigenvalue weighted by atomic mass is 10.0. The number of ether oxygens (including phenoxy) is 1. The van der Waals surface area contributed by atoms with E-state index in [1.807, 2.05) is 0 Å². The molecule has 0 heterocycles. The molecule has 1 unspecified atom stereocenters. The van der Waals surface area contributed by atoms with E-state index in [-0.39, 0.29) is 6.10 Å². The van der Waals surface area contributed by atoms with E-state index >= 15 is 0 Å². The molecule has 0 spiro atoms. The average Bonchev–Trinajstić information content (AvgIpc) is 2.63. The molecule has 0 aromatic heterocycles. The highest BCUT2D eigenvalue weighted by Gasteiger charge is 2.32. The molecule has 0 amide bonds. The van der Waals surface area contributed by atoms with E-state index in [2.05, 4.69) is 13.8 Å². The molecule has 1 aromatic carbocycles. The van der Waals surface area contributed by atoms with Gasteiger partial charge in [0.25, 0.3) is 0 Å². The minimum absolute atomic E-state index is 0.390. The predicted octanol–water partition coefficient (Wildman–Crippen LogP) is 7.70. The fourth-order valence-electron chi connectivity index (χ4n) is 3.11. The number of halogens is 4. The summed E-state index contributed by atoms with van der Waals surface area (Å²) >= 11 is 0. The summed E-state index contributed by atoms with van der Waals surface area (Å²) in [5.74, 6) is -2.01. The summed E-state index contributed by atoms with van der Waals surface area (Å²) in [6.07, 6.45) is 5.72. The first kappa shape index (κ1) is 24.4. The van der Waals surface area contributed by atoms with Gasteiger partial charge in [-0.15, -0.1) is 0 Å². The van der Waals surface area contributed by atoms with Gasteiger partial charge in [-0.1, -0.05) is 58.8 Å². The van der Waals surface area contributed by atoms with Gasteiger partial charge in [0.15, 0.2) is 0 Å². The van der Waals surface area contributed by atoms with Gasteiger partial charge in [0.1, 0.15) is 11.9 Å². The molecule has 0 radical (unpaired) electrons. The maximum Gasteiger partial charge on any atom is 0.416 e. The van der Waals surface area contributed by atoms with Gasteiger partial charge in [0.2, 0.25) is 0 Å². The monoisotopic (exact) mass is 404 g/mol. The van der Waals surface area contributed by atoms with Crippen molar-refractivity contribution in [3.63, 3.8) is 0 Å². The highest BCUT2D eigenvalue weighted by atomic mass is 19.4. The summed E-state index contributed by atoms with van der Waals surface area (Å²) in [5, 5.41) is 0. The second-order valence-corrected chi connectivity index (χ2v) is 7.27. The Hall–Kier alpha value is -1.59. The van der Waals surface area contributed by atoms with Crippen molar-refractivity contribution in [3.8, 4) is 0 Å². The SMILES string of the molecule is CCCCCCCCC(CCCCC)OC(=O)c1cc(C(F)(F)F)ccc1F. The van der Waals surface area contributed by atoms with E-state index in [0.717, 1.165) is 38.5 Å². The Labute approximate surface area is 165 Å². The molecule has 0 bridgehead atoms. The number of esters is 1. The van der Waals surface area contributed by atoms with Crippen molar-refractivity contribution in [2.75, 3.05) is 0 Å². The highest BCUT2D eigenvalue weighted by molar-refractivity contribution is 5.90. The van der Waals surface area contributed by atoms with Crippen molar-refractivity contribution in [1.29, 1.82) is 0 Å². The van der Waals surface area contributed by atoms with E-state index in [4.69, 9.17) is 4.74 Å². The maximum absolute atomic E-state index is 13.9. The molecule has 0 fully saturated rings. The lowest BCUT2D eigenvalue weighted by molar-refractivity contribution is -0.137. The van der Waals surface area contributed by atoms with Crippen LogP contribution in [0.2, 0.25) is 0 Å². The summed E-state index contributed by atoms with van der Waals surface area (Å²) in [7, 11) is 0. The van der Waals surface area contributed by atoms with Crippen LogP contribution in [0, 0.1) is 5.82 Å². The molecule has 0 N–H and O–H groups in total. The Kier molecular flexibility index (Phi) is 11.2. The van der Waals surface area contributed by atoms with Crippen LogP contribution < -0.4 is 0 Å². The molecule has 0 aliphatic rings. The molecule has 1 rings (SSSR count). The van der Waals surface area contributed by atoms with Gasteiger partial charge < -0.3 is 4.74 Å². The van der Waals surface area contributed by atoms with E-state index in [9.17, 15) is 22.4 Å². The highest BCUT2D eigenvalue weighted by Crippen LogP contribution is 2.30. The third-order valence-electron chi connectivity index (χ3n) is 4.80. The van der Waals surface area contributed by atoms with Crippen LogP contribution in [0.3, 0.4) is 0 Å². The van der Waals surface area contributed by atoms with Crippen molar-refractivity contribution >= 4 is 5.97 Å². The van der Waals surface area contributed by atoms with Crippen molar-refractivity contribution in [2.24, 2.45) is 0 Å². The van der Waals surface area contributed by atoms with Crippen LogP contribution in [0.25, 0.3) is 0 Å². The molecule has 0 aliphatic heterocycles. The van der Waals surface area contributed by atoms with Crippen LogP contribution in [0.1, 0.15) is 100 Å². The zero-order valence-corrected chi connectivity index (χ0v) is 16.9. The van der Waals surface area contributed by atoms with E-state index in [1.54, 1.807) is 0 Å². The van der Waals surface area contributed by atoms with E-state index in [0.29, 0.717) is 31.0 Å². The van der Waals surface area contributed by atoms with Crippen LogP contribution in [-0.4, -0.2) is 12.1 Å². The van der Waals surface area contributed by atoms with E-state index < -0.39 is 29.1 Å². The Balaban J connectivity index is 2.71. The Bertz CT molecular complexity index is 584. The van der Waals surface area contributed by atoms with Crippen LogP contribution in [0.5, 0.6) is 0 Å². The summed E-state index contributed by atoms with van der Waals surface area (Å²) in [5.41, 5.74) is -1.71. The first-order valence-corrected chi connectivity index (χ1v) is 10.4. The number of hydrogen-bond acceptors (Lipinski definition) is 2. The van der Waals surface area contributed by atoms with Gasteiger partial charge in [-0.2, -0.15) is 13.2 Å². The van der Waals surface area contributed by atoms with Crippen molar-refractivity contribution in [1.82, 2.24) is 0 Å². The minimum atomic E-state index is -4.64. The van der Waals surface area contributed by atoms with Gasteiger partial charge >= 0.3 is 12.1 Å². The second-order valence-electron chi connectivity index (χ2n) is 7.27. The Morgan fingerprint density at radius 1 is 0.929 bits per heavy atom. The van der Waals surface area contributed by atoms with Crippen LogP contribution in [0.15, 0.2) is 18.2 Å². The molecule has 1 aromatic rings. The summed E-state index contributed by atoms with van der Waals surface area (Å²) in [4.78, 5) is 12.3. The first-order chi connectivity index (χ1) is 13.3. The summed E-state index contributed by atoms with van der Waals surface area (Å²) < 4.78 is 57.9. The lowest BCUT2D eigenvalue weighted by Gasteiger charge is -2.19. The van der Waals surface area contributed by atoms with Crippen molar-refractivity contribution in [3.05, 3.63) is 35.1 Å². The number of carbonyl (C=O) groups is 1. The van der Waals surface area contributed by atoms with Gasteiger partial charge in [0, 0.05) is 0 Å². The number of benzene rings is 1. The molecular formula is C22H32F4O2. The quantitative estimate of drug-likeness (QED) is 0.191. The Morgan fingerprint density at radius 2 is 1.46 bits per heavy atom. The molecule has 1 atom stereocenters. The zero-order valence-electron chi connectivity index (χ0n) is 16.9. The third-order valence-corrected chi connectivity index (χ3v) is 4.80. The molecule has 160 valence electrons. The Morgan fingerprint density at radius 3 is 2.07 bits per heavy atom. The first-order valence-electron chi connectivity index (χ1n) is 10.4. The molecule has 2 nitrogen and oxygen atoms in total. The number of alkyl halides is 3. The third kappa shape index (κ3) is 9.07.